The van der Waals surface area contributed by atoms with Crippen molar-refractivity contribution in [2.45, 2.75) is 19.4 Å². The molecule has 3 nitrogen and oxygen atoms in total. The summed E-state index contributed by atoms with van der Waals surface area (Å²) < 4.78 is 12.9. The van der Waals surface area contributed by atoms with Crippen LogP contribution < -0.4 is 5.73 Å². The van der Waals surface area contributed by atoms with Crippen molar-refractivity contribution in [1.82, 2.24) is 4.90 Å². The molecule has 1 aliphatic heterocycles. The largest absolute Gasteiger partial charge is 0.398 e. The number of carbonyl (C=O) groups is 1. The molecule has 0 aliphatic carbocycles. The second-order valence-electron chi connectivity index (χ2n) is 5.35. The summed E-state index contributed by atoms with van der Waals surface area (Å²) in [5.74, 6) is -0.235. The Morgan fingerprint density at radius 2 is 1.95 bits per heavy atom. The van der Waals surface area contributed by atoms with Gasteiger partial charge >= 0.3 is 0 Å². The second-order valence-corrected chi connectivity index (χ2v) is 5.35. The van der Waals surface area contributed by atoms with Crippen LogP contribution in [0.1, 0.15) is 16.7 Å². The number of rotatable bonds is 2. The molecule has 1 aliphatic rings. The standard InChI is InChI=1S/C17H17FN2O/c18-14-6-4-12(5-7-14)10-17(21)20-9-8-13-2-1-3-16(19)15(13)11-20/h1-7H,8-11,19H2. The average molecular weight is 284 g/mol. The van der Waals surface area contributed by atoms with E-state index in [9.17, 15) is 9.18 Å². The first-order valence-electron chi connectivity index (χ1n) is 7.02. The second kappa shape index (κ2) is 5.56. The van der Waals surface area contributed by atoms with E-state index in [1.807, 2.05) is 17.0 Å². The summed E-state index contributed by atoms with van der Waals surface area (Å²) >= 11 is 0. The van der Waals surface area contributed by atoms with Gasteiger partial charge in [0.1, 0.15) is 5.82 Å². The lowest BCUT2D eigenvalue weighted by Gasteiger charge is -2.29. The minimum absolute atomic E-state index is 0.0514. The molecule has 0 saturated carbocycles. The minimum atomic E-state index is -0.286. The van der Waals surface area contributed by atoms with Gasteiger partial charge in [0.05, 0.1) is 6.42 Å². The normalized spacial score (nSPS) is 13.9. The van der Waals surface area contributed by atoms with Crippen LogP contribution in [-0.2, 0) is 24.2 Å². The van der Waals surface area contributed by atoms with E-state index >= 15 is 0 Å². The SMILES string of the molecule is Nc1cccc2c1CN(C(=O)Cc1ccc(F)cc1)CC2. The first-order chi connectivity index (χ1) is 10.1. The number of nitrogens with two attached hydrogens (primary N) is 1. The van der Waals surface area contributed by atoms with E-state index < -0.39 is 0 Å². The third-order valence-electron chi connectivity index (χ3n) is 3.93. The van der Waals surface area contributed by atoms with E-state index in [1.54, 1.807) is 12.1 Å². The Morgan fingerprint density at radius 1 is 1.19 bits per heavy atom. The van der Waals surface area contributed by atoms with Gasteiger partial charge in [-0.15, -0.1) is 0 Å². The summed E-state index contributed by atoms with van der Waals surface area (Å²) in [6, 6.07) is 11.9. The van der Waals surface area contributed by atoms with Gasteiger partial charge in [0.25, 0.3) is 0 Å². The molecule has 1 heterocycles. The number of benzene rings is 2. The van der Waals surface area contributed by atoms with Gasteiger partial charge in [-0.25, -0.2) is 4.39 Å². The molecule has 2 aromatic carbocycles. The Bertz CT molecular complexity index is 667. The molecule has 0 atom stereocenters. The van der Waals surface area contributed by atoms with Gasteiger partial charge in [0, 0.05) is 18.8 Å². The van der Waals surface area contributed by atoms with Gasteiger partial charge in [-0.05, 0) is 41.3 Å². The number of hydrogen-bond donors (Lipinski definition) is 1. The van der Waals surface area contributed by atoms with Crippen molar-refractivity contribution >= 4 is 11.6 Å². The molecule has 21 heavy (non-hydrogen) atoms. The molecule has 1 amide bonds. The predicted octanol–water partition coefficient (Wildman–Crippen LogP) is 2.54. The van der Waals surface area contributed by atoms with Crippen LogP contribution in [0.15, 0.2) is 42.5 Å². The molecule has 0 saturated heterocycles. The molecule has 0 spiro atoms. The third-order valence-corrected chi connectivity index (χ3v) is 3.93. The van der Waals surface area contributed by atoms with Crippen LogP contribution in [0.3, 0.4) is 0 Å². The molecule has 2 aromatic rings. The van der Waals surface area contributed by atoms with Gasteiger partial charge in [-0.2, -0.15) is 0 Å². The maximum absolute atomic E-state index is 12.9. The van der Waals surface area contributed by atoms with Crippen molar-refractivity contribution in [3.63, 3.8) is 0 Å². The van der Waals surface area contributed by atoms with Crippen molar-refractivity contribution in [2.24, 2.45) is 0 Å². The molecule has 0 bridgehead atoms. The van der Waals surface area contributed by atoms with Gasteiger partial charge in [0.15, 0.2) is 0 Å². The fraction of sp³-hybridized carbons (Fsp3) is 0.235. The highest BCUT2D eigenvalue weighted by atomic mass is 19.1. The number of anilines is 1. The van der Waals surface area contributed by atoms with Crippen LogP contribution in [0, 0.1) is 5.82 Å². The Labute approximate surface area is 123 Å². The maximum Gasteiger partial charge on any atom is 0.227 e. The number of nitrogen functional groups attached to an aromatic ring is 1. The van der Waals surface area contributed by atoms with Crippen LogP contribution in [0.2, 0.25) is 0 Å². The molecule has 0 unspecified atom stereocenters. The van der Waals surface area contributed by atoms with E-state index in [2.05, 4.69) is 6.07 Å². The van der Waals surface area contributed by atoms with E-state index in [1.165, 1.54) is 17.7 Å². The van der Waals surface area contributed by atoms with Crippen LogP contribution >= 0.6 is 0 Å². The molecule has 0 fully saturated rings. The van der Waals surface area contributed by atoms with Crippen molar-refractivity contribution in [3.8, 4) is 0 Å². The topological polar surface area (TPSA) is 46.3 Å². The molecular weight excluding hydrogens is 267 g/mol. The van der Waals surface area contributed by atoms with Crippen molar-refractivity contribution in [2.75, 3.05) is 12.3 Å². The summed E-state index contributed by atoms with van der Waals surface area (Å²) in [5, 5.41) is 0. The third kappa shape index (κ3) is 2.89. The number of nitrogens with zero attached hydrogens (tertiary/aromatic N) is 1. The number of amides is 1. The smallest absolute Gasteiger partial charge is 0.227 e. The first kappa shape index (κ1) is 13.6. The number of halogens is 1. The zero-order valence-corrected chi connectivity index (χ0v) is 11.7. The number of hydrogen-bond acceptors (Lipinski definition) is 2. The van der Waals surface area contributed by atoms with Crippen LogP contribution in [0.5, 0.6) is 0 Å². The lowest BCUT2D eigenvalue weighted by Crippen LogP contribution is -2.37. The van der Waals surface area contributed by atoms with Crippen molar-refractivity contribution in [1.29, 1.82) is 0 Å². The zero-order valence-electron chi connectivity index (χ0n) is 11.7. The quantitative estimate of drug-likeness (QED) is 0.861. The van der Waals surface area contributed by atoms with E-state index in [0.717, 1.165) is 23.2 Å². The molecule has 2 N–H and O–H groups in total. The lowest BCUT2D eigenvalue weighted by molar-refractivity contribution is -0.131. The fourth-order valence-electron chi connectivity index (χ4n) is 2.71. The van der Waals surface area contributed by atoms with Crippen LogP contribution in [-0.4, -0.2) is 17.4 Å². The summed E-state index contributed by atoms with van der Waals surface area (Å²) in [5.41, 5.74) is 9.84. The van der Waals surface area contributed by atoms with Crippen molar-refractivity contribution < 1.29 is 9.18 Å². The van der Waals surface area contributed by atoms with Gasteiger partial charge in [0.2, 0.25) is 5.91 Å². The van der Waals surface area contributed by atoms with Crippen LogP contribution in [0.25, 0.3) is 0 Å². The molecule has 4 heteroatoms. The Morgan fingerprint density at radius 3 is 2.71 bits per heavy atom. The molecular formula is C17H17FN2O. The van der Waals surface area contributed by atoms with Crippen LogP contribution in [0.4, 0.5) is 10.1 Å². The zero-order chi connectivity index (χ0) is 14.8. The Kier molecular flexibility index (Phi) is 3.60. The van der Waals surface area contributed by atoms with E-state index in [-0.39, 0.29) is 11.7 Å². The fourth-order valence-corrected chi connectivity index (χ4v) is 2.71. The minimum Gasteiger partial charge on any atom is -0.398 e. The summed E-state index contributed by atoms with van der Waals surface area (Å²) in [7, 11) is 0. The lowest BCUT2D eigenvalue weighted by atomic mass is 9.97. The molecule has 0 radical (unpaired) electrons. The Balaban J connectivity index is 1.72. The summed E-state index contributed by atoms with van der Waals surface area (Å²) in [6.07, 6.45) is 1.12. The average Bonchev–Trinajstić information content (AvgIpc) is 2.50. The number of fused-ring (bicyclic) bond motifs is 1. The van der Waals surface area contributed by atoms with E-state index in [4.69, 9.17) is 5.73 Å². The summed E-state index contributed by atoms with van der Waals surface area (Å²) in [6.45, 7) is 1.26. The highest BCUT2D eigenvalue weighted by Gasteiger charge is 2.22. The Hall–Kier alpha value is -2.36. The van der Waals surface area contributed by atoms with Crippen molar-refractivity contribution in [3.05, 3.63) is 65.0 Å². The first-order valence-corrected chi connectivity index (χ1v) is 7.02. The summed E-state index contributed by atoms with van der Waals surface area (Å²) in [4.78, 5) is 14.2. The van der Waals surface area contributed by atoms with Gasteiger partial charge in [-0.3, -0.25) is 4.79 Å². The molecule has 108 valence electrons. The molecule has 3 rings (SSSR count). The van der Waals surface area contributed by atoms with E-state index in [0.29, 0.717) is 19.5 Å². The highest BCUT2D eigenvalue weighted by Crippen LogP contribution is 2.24. The highest BCUT2D eigenvalue weighted by molar-refractivity contribution is 5.79. The monoisotopic (exact) mass is 284 g/mol. The van der Waals surface area contributed by atoms with Gasteiger partial charge < -0.3 is 10.6 Å². The maximum atomic E-state index is 12.9. The number of carbonyl (C=O) groups excluding carboxylic acids is 1. The van der Waals surface area contributed by atoms with Gasteiger partial charge in [-0.1, -0.05) is 24.3 Å². The molecule has 0 aromatic heterocycles. The predicted molar refractivity (Wildman–Crippen MR) is 80.1 cm³/mol.